The van der Waals surface area contributed by atoms with Crippen molar-refractivity contribution in [2.45, 2.75) is 12.3 Å². The van der Waals surface area contributed by atoms with Crippen molar-refractivity contribution >= 4 is 14.9 Å². The lowest BCUT2D eigenvalue weighted by Gasteiger charge is -2.12. The Morgan fingerprint density at radius 3 is 2.56 bits per heavy atom. The third-order valence-corrected chi connectivity index (χ3v) is 2.59. The Morgan fingerprint density at radius 2 is 2.00 bits per heavy atom. The maximum atomic E-state index is 13.8. The highest BCUT2D eigenvalue weighted by Crippen LogP contribution is 2.38. The third-order valence-electron chi connectivity index (χ3n) is 2.28. The number of halogens is 1. The molecule has 3 nitrogen and oxygen atoms in total. The zero-order chi connectivity index (χ0) is 11.8. The van der Waals surface area contributed by atoms with Crippen molar-refractivity contribution in [2.24, 2.45) is 0 Å². The summed E-state index contributed by atoms with van der Waals surface area (Å²) in [7, 11) is 2.12. The predicted molar refractivity (Wildman–Crippen MR) is 64.5 cm³/mol. The van der Waals surface area contributed by atoms with Gasteiger partial charge in [-0.15, -0.1) is 0 Å². The van der Waals surface area contributed by atoms with Crippen molar-refractivity contribution in [2.75, 3.05) is 5.73 Å². The van der Waals surface area contributed by atoms with Gasteiger partial charge in [-0.2, -0.15) is 0 Å². The van der Waals surface area contributed by atoms with E-state index in [2.05, 4.69) is 14.4 Å². The van der Waals surface area contributed by atoms with Crippen LogP contribution in [0.3, 0.4) is 0 Å². The van der Waals surface area contributed by atoms with Gasteiger partial charge < -0.3 is 10.3 Å². The SMILES string of the molecule is CC(F)(P)c1conc1-c1ccc(N)cc1. The maximum absolute atomic E-state index is 13.8. The lowest BCUT2D eigenvalue weighted by atomic mass is 10.1. The molecule has 5 heteroatoms. The second-order valence-electron chi connectivity index (χ2n) is 3.77. The van der Waals surface area contributed by atoms with E-state index in [1.165, 1.54) is 13.2 Å². The minimum atomic E-state index is -1.56. The van der Waals surface area contributed by atoms with E-state index < -0.39 is 5.41 Å². The first-order valence-corrected chi connectivity index (χ1v) is 5.35. The number of nitrogens with two attached hydrogens (primary N) is 1. The van der Waals surface area contributed by atoms with Crippen LogP contribution in [0.4, 0.5) is 10.1 Å². The van der Waals surface area contributed by atoms with E-state index in [9.17, 15) is 4.39 Å². The van der Waals surface area contributed by atoms with Crippen LogP contribution in [-0.2, 0) is 5.41 Å². The van der Waals surface area contributed by atoms with Crippen LogP contribution < -0.4 is 5.73 Å². The molecule has 2 unspecified atom stereocenters. The van der Waals surface area contributed by atoms with Crippen LogP contribution in [0.5, 0.6) is 0 Å². The Hall–Kier alpha value is -1.41. The molecule has 84 valence electrons. The van der Waals surface area contributed by atoms with Crippen molar-refractivity contribution in [3.8, 4) is 11.3 Å². The number of nitrogen functional groups attached to an aromatic ring is 1. The molecule has 2 aromatic rings. The molecule has 1 heterocycles. The van der Waals surface area contributed by atoms with E-state index in [1.54, 1.807) is 24.3 Å². The maximum Gasteiger partial charge on any atom is 0.151 e. The minimum absolute atomic E-state index is 0.405. The molecule has 0 aliphatic heterocycles. The Labute approximate surface area is 95.0 Å². The summed E-state index contributed by atoms with van der Waals surface area (Å²) in [6, 6.07) is 7.05. The van der Waals surface area contributed by atoms with Crippen molar-refractivity contribution in [3.63, 3.8) is 0 Å². The molecular formula is C11H12FN2OP. The van der Waals surface area contributed by atoms with Gasteiger partial charge in [-0.25, -0.2) is 4.39 Å². The smallest absolute Gasteiger partial charge is 0.151 e. The number of nitrogens with zero attached hydrogens (tertiary/aromatic N) is 1. The Balaban J connectivity index is 2.49. The number of benzene rings is 1. The molecule has 0 bridgehead atoms. The molecule has 2 N–H and O–H groups in total. The molecule has 0 aliphatic rings. The molecule has 16 heavy (non-hydrogen) atoms. The highest BCUT2D eigenvalue weighted by atomic mass is 31.0. The predicted octanol–water partition coefficient (Wildman–Crippen LogP) is 2.94. The number of hydrogen-bond donors (Lipinski definition) is 1. The molecule has 0 fully saturated rings. The highest BCUT2D eigenvalue weighted by molar-refractivity contribution is 7.18. The summed E-state index contributed by atoms with van der Waals surface area (Å²) in [6.45, 7) is 1.44. The molecule has 0 saturated carbocycles. The van der Waals surface area contributed by atoms with Gasteiger partial charge in [-0.3, -0.25) is 0 Å². The van der Waals surface area contributed by atoms with E-state index in [0.717, 1.165) is 5.56 Å². The normalized spacial score (nSPS) is 14.7. The van der Waals surface area contributed by atoms with Crippen LogP contribution in [0.2, 0.25) is 0 Å². The first kappa shape index (κ1) is 11.1. The molecule has 0 amide bonds. The molecule has 2 rings (SSSR count). The second kappa shape index (κ2) is 3.87. The van der Waals surface area contributed by atoms with E-state index >= 15 is 0 Å². The lowest BCUT2D eigenvalue weighted by Crippen LogP contribution is -2.04. The molecule has 0 radical (unpaired) electrons. The molecule has 0 spiro atoms. The number of alkyl halides is 1. The summed E-state index contributed by atoms with van der Waals surface area (Å²) in [5.74, 6) is 0. The topological polar surface area (TPSA) is 52.0 Å². The monoisotopic (exact) mass is 238 g/mol. The average Bonchev–Trinajstić information content (AvgIpc) is 2.66. The van der Waals surface area contributed by atoms with Crippen LogP contribution >= 0.6 is 9.24 Å². The minimum Gasteiger partial charge on any atom is -0.399 e. The van der Waals surface area contributed by atoms with Gasteiger partial charge in [0.05, 0.1) is 5.56 Å². The summed E-state index contributed by atoms with van der Waals surface area (Å²) < 4.78 is 18.6. The van der Waals surface area contributed by atoms with E-state index in [1.807, 2.05) is 0 Å². The first-order chi connectivity index (χ1) is 7.48. The Morgan fingerprint density at radius 1 is 1.38 bits per heavy atom. The van der Waals surface area contributed by atoms with Gasteiger partial charge in [0.2, 0.25) is 0 Å². The molecule has 1 aromatic carbocycles. The zero-order valence-electron chi connectivity index (χ0n) is 8.77. The number of anilines is 1. The Kier molecular flexibility index (Phi) is 2.68. The summed E-state index contributed by atoms with van der Waals surface area (Å²) >= 11 is 0. The Bertz CT molecular complexity index is 487. The van der Waals surface area contributed by atoms with E-state index in [4.69, 9.17) is 10.3 Å². The number of hydrogen-bond acceptors (Lipinski definition) is 3. The molecule has 0 aliphatic carbocycles. The van der Waals surface area contributed by atoms with Gasteiger partial charge in [0.15, 0.2) is 5.41 Å². The molecular weight excluding hydrogens is 226 g/mol. The van der Waals surface area contributed by atoms with Gasteiger partial charge in [0.25, 0.3) is 0 Å². The van der Waals surface area contributed by atoms with Crippen LogP contribution in [0.25, 0.3) is 11.3 Å². The fraction of sp³-hybridized carbons (Fsp3) is 0.182. The second-order valence-corrected chi connectivity index (χ2v) is 4.86. The quantitative estimate of drug-likeness (QED) is 0.646. The summed E-state index contributed by atoms with van der Waals surface area (Å²) in [5.41, 5.74) is 7.92. The van der Waals surface area contributed by atoms with Crippen LogP contribution in [0, 0.1) is 0 Å². The van der Waals surface area contributed by atoms with Crippen molar-refractivity contribution < 1.29 is 8.91 Å². The summed E-state index contributed by atoms with van der Waals surface area (Å²) in [4.78, 5) is 0. The van der Waals surface area contributed by atoms with Gasteiger partial charge in [0.1, 0.15) is 12.0 Å². The molecule has 0 saturated heterocycles. The number of aromatic nitrogens is 1. The van der Waals surface area contributed by atoms with E-state index in [0.29, 0.717) is 16.9 Å². The van der Waals surface area contributed by atoms with E-state index in [-0.39, 0.29) is 0 Å². The largest absolute Gasteiger partial charge is 0.399 e. The van der Waals surface area contributed by atoms with Crippen LogP contribution in [0.15, 0.2) is 35.1 Å². The summed E-state index contributed by atoms with van der Waals surface area (Å²) in [5, 5.41) is 2.25. The number of rotatable bonds is 2. The fourth-order valence-electron chi connectivity index (χ4n) is 1.43. The van der Waals surface area contributed by atoms with Gasteiger partial charge in [0, 0.05) is 11.3 Å². The van der Waals surface area contributed by atoms with Gasteiger partial charge in [-0.05, 0) is 19.1 Å². The third kappa shape index (κ3) is 2.07. The molecule has 2 atom stereocenters. The van der Waals surface area contributed by atoms with Crippen molar-refractivity contribution in [1.29, 1.82) is 0 Å². The van der Waals surface area contributed by atoms with Crippen molar-refractivity contribution in [1.82, 2.24) is 5.16 Å². The van der Waals surface area contributed by atoms with Crippen molar-refractivity contribution in [3.05, 3.63) is 36.1 Å². The van der Waals surface area contributed by atoms with Crippen LogP contribution in [-0.4, -0.2) is 5.16 Å². The zero-order valence-corrected chi connectivity index (χ0v) is 9.93. The standard InChI is InChI=1S/C11H12FN2OP/c1-11(12,16)9-6-15-14-10(9)7-2-4-8(13)5-3-7/h2-6H,13,16H2,1H3. The fourth-order valence-corrected chi connectivity index (χ4v) is 1.64. The average molecular weight is 238 g/mol. The van der Waals surface area contributed by atoms with Gasteiger partial charge >= 0.3 is 0 Å². The highest BCUT2D eigenvalue weighted by Gasteiger charge is 2.26. The lowest BCUT2D eigenvalue weighted by molar-refractivity contribution is 0.320. The molecule has 1 aromatic heterocycles. The first-order valence-electron chi connectivity index (χ1n) is 4.77. The van der Waals surface area contributed by atoms with Gasteiger partial charge in [-0.1, -0.05) is 26.5 Å². The van der Waals surface area contributed by atoms with Crippen LogP contribution in [0.1, 0.15) is 12.5 Å². The summed E-state index contributed by atoms with van der Waals surface area (Å²) in [6.07, 6.45) is 1.32.